The van der Waals surface area contributed by atoms with E-state index < -0.39 is 0 Å². The predicted molar refractivity (Wildman–Crippen MR) is 348 cm³/mol. The SMILES string of the molecule is CC(C)(C)c1ccnc(-n2c3[c-]c(Oc4[c-]c(N5[CH-]N(c6c(-c7ccccc7)cc(C(C)(C)C)cc6-c6ccccc6)c6ccccc65)cc(-c5c(C(C)(C)C)cccc5C(C)(C)C)c4)ccc3c3c4sc5ccccc5c4ccc32)c1.[Pt]. The van der Waals surface area contributed by atoms with Gasteiger partial charge in [0.05, 0.1) is 0 Å². The van der Waals surface area contributed by atoms with Crippen LogP contribution in [0.3, 0.4) is 0 Å². The Morgan fingerprint density at radius 3 is 1.70 bits per heavy atom. The Morgan fingerprint density at radius 2 is 1.07 bits per heavy atom. The number of benzene rings is 9. The van der Waals surface area contributed by atoms with Gasteiger partial charge in [-0.2, -0.15) is 6.07 Å². The molecule has 0 N–H and O–H groups in total. The maximum atomic E-state index is 7.30. The van der Waals surface area contributed by atoms with Crippen LogP contribution in [-0.2, 0) is 42.7 Å². The molecule has 83 heavy (non-hydrogen) atoms. The number of thiophene rings is 1. The minimum atomic E-state index is -0.175. The quantitative estimate of drug-likeness (QED) is 0.142. The van der Waals surface area contributed by atoms with Crippen molar-refractivity contribution in [2.24, 2.45) is 0 Å². The molecule has 9 aromatic carbocycles. The summed E-state index contributed by atoms with van der Waals surface area (Å²) in [7, 11) is 0. The Bertz CT molecular complexity index is 4360. The van der Waals surface area contributed by atoms with Crippen LogP contribution in [0.4, 0.5) is 22.7 Å². The molecule has 3 aromatic heterocycles. The van der Waals surface area contributed by atoms with E-state index in [2.05, 4.69) is 304 Å². The molecule has 0 spiro atoms. The zero-order valence-corrected chi connectivity index (χ0v) is 52.6. The molecule has 0 radical (unpaired) electrons. The van der Waals surface area contributed by atoms with Gasteiger partial charge < -0.3 is 19.1 Å². The minimum Gasteiger partial charge on any atom is -0.509 e. The number of para-hydroxylation sites is 2. The second-order valence-corrected chi connectivity index (χ2v) is 27.3. The van der Waals surface area contributed by atoms with Gasteiger partial charge in [-0.3, -0.25) is 0 Å². The largest absolute Gasteiger partial charge is 0.509 e. The molecule has 7 heteroatoms. The average molecular weight is 1280 g/mol. The minimum absolute atomic E-state index is 0. The van der Waals surface area contributed by atoms with Crippen molar-refractivity contribution in [3.8, 4) is 50.7 Å². The Hall–Kier alpha value is -7.76. The van der Waals surface area contributed by atoms with Gasteiger partial charge in [-0.1, -0.05) is 204 Å². The Balaban J connectivity index is 0.00000680. The van der Waals surface area contributed by atoms with Gasteiger partial charge in [0.2, 0.25) is 0 Å². The smallest absolute Gasteiger partial charge is 0.135 e. The molecule has 4 heterocycles. The average Bonchev–Trinajstić information content (AvgIpc) is 2.10. The molecule has 1 aliphatic heterocycles. The first-order valence-corrected chi connectivity index (χ1v) is 29.5. The first-order valence-electron chi connectivity index (χ1n) is 28.7. The number of fused-ring (bicyclic) bond motifs is 8. The molecular weight excluding hydrogens is 1210 g/mol. The Labute approximate surface area is 508 Å². The van der Waals surface area contributed by atoms with Crippen LogP contribution >= 0.6 is 11.3 Å². The van der Waals surface area contributed by atoms with Gasteiger partial charge in [0.1, 0.15) is 5.82 Å². The zero-order chi connectivity index (χ0) is 57.0. The Kier molecular flexibility index (Phi) is 14.0. The van der Waals surface area contributed by atoms with Crippen molar-refractivity contribution in [2.75, 3.05) is 9.80 Å². The van der Waals surface area contributed by atoms with Crippen LogP contribution in [0, 0.1) is 18.8 Å². The van der Waals surface area contributed by atoms with Gasteiger partial charge in [0.25, 0.3) is 0 Å². The van der Waals surface area contributed by atoms with Crippen molar-refractivity contribution in [2.45, 2.75) is 105 Å². The van der Waals surface area contributed by atoms with Gasteiger partial charge in [0.15, 0.2) is 0 Å². The van der Waals surface area contributed by atoms with E-state index in [4.69, 9.17) is 9.72 Å². The summed E-state index contributed by atoms with van der Waals surface area (Å²) in [5, 5.41) is 4.80. The van der Waals surface area contributed by atoms with Crippen molar-refractivity contribution in [1.82, 2.24) is 9.55 Å². The molecule has 0 fully saturated rings. The molecule has 1 aliphatic rings. The van der Waals surface area contributed by atoms with E-state index in [0.29, 0.717) is 11.5 Å². The van der Waals surface area contributed by atoms with Crippen LogP contribution < -0.4 is 14.5 Å². The molecule has 5 nitrogen and oxygen atoms in total. The van der Waals surface area contributed by atoms with Crippen molar-refractivity contribution in [3.63, 3.8) is 0 Å². The van der Waals surface area contributed by atoms with Gasteiger partial charge in [0, 0.05) is 92.6 Å². The fourth-order valence-corrected chi connectivity index (χ4v) is 13.3. The van der Waals surface area contributed by atoms with Crippen LogP contribution in [0.5, 0.6) is 11.5 Å². The fraction of sp³-hybridized carbons (Fsp3) is 0.211. The topological polar surface area (TPSA) is 33.5 Å². The maximum Gasteiger partial charge on any atom is 0.135 e. The summed E-state index contributed by atoms with van der Waals surface area (Å²) in [6.07, 6.45) is 1.94. The second-order valence-electron chi connectivity index (χ2n) is 26.2. The zero-order valence-electron chi connectivity index (χ0n) is 49.5. The van der Waals surface area contributed by atoms with Crippen LogP contribution in [-0.4, -0.2) is 9.55 Å². The number of hydrogen-bond acceptors (Lipinski definition) is 5. The summed E-state index contributed by atoms with van der Waals surface area (Å²) in [5.41, 5.74) is 17.4. The van der Waals surface area contributed by atoms with Gasteiger partial charge in [-0.25, -0.2) is 4.98 Å². The third-order valence-electron chi connectivity index (χ3n) is 16.3. The number of ether oxygens (including phenoxy) is 1. The van der Waals surface area contributed by atoms with E-state index in [9.17, 15) is 0 Å². The molecule has 0 aliphatic carbocycles. The number of anilines is 4. The molecule has 13 rings (SSSR count). The molecular formula is C76H69N4OPtS-3. The van der Waals surface area contributed by atoms with E-state index in [1.807, 2.05) is 17.5 Å². The number of nitrogens with zero attached hydrogens (tertiary/aromatic N) is 4. The molecule has 0 saturated heterocycles. The number of hydrogen-bond donors (Lipinski definition) is 0. The van der Waals surface area contributed by atoms with Gasteiger partial charge >= 0.3 is 0 Å². The predicted octanol–water partition coefficient (Wildman–Crippen LogP) is 21.5. The van der Waals surface area contributed by atoms with Crippen molar-refractivity contribution in [3.05, 3.63) is 235 Å². The van der Waals surface area contributed by atoms with Crippen LogP contribution in [0.25, 0.3) is 81.2 Å². The van der Waals surface area contributed by atoms with E-state index in [1.54, 1.807) is 0 Å². The van der Waals surface area contributed by atoms with Crippen molar-refractivity contribution < 1.29 is 25.8 Å². The standard InChI is InChI=1S/C76H69N4OS.Pt/c1-73(2,3)51-38-39-77-68(44-51)80-65-37-36-57-56-28-19-22-33-67(56)82-72(57)70(65)58-35-34-54(46-66(58)80)81-55-41-50(69-61(75(7,8)9)29-23-30-62(69)76(10,11)12)40-53(45-55)78-47-79(64-32-21-20-31-63(64)78)71-59(48-24-15-13-16-25-48)42-52(74(4,5)6)43-60(71)49-26-17-14-18-27-49;/h13-44,47H,1-12H3;/q-3;. The summed E-state index contributed by atoms with van der Waals surface area (Å²) in [5.74, 6) is 2.02. The summed E-state index contributed by atoms with van der Waals surface area (Å²) in [4.78, 5) is 9.78. The van der Waals surface area contributed by atoms with Crippen LogP contribution in [0.15, 0.2) is 194 Å². The maximum absolute atomic E-state index is 7.30. The second kappa shape index (κ2) is 20.8. The summed E-state index contributed by atoms with van der Waals surface area (Å²) >= 11 is 1.85. The summed E-state index contributed by atoms with van der Waals surface area (Å²) in [6, 6.07) is 76.3. The summed E-state index contributed by atoms with van der Waals surface area (Å²) < 4.78 is 12.1. The Morgan fingerprint density at radius 1 is 0.482 bits per heavy atom. The first kappa shape index (κ1) is 55.8. The van der Waals surface area contributed by atoms with Gasteiger partial charge in [-0.05, 0) is 115 Å². The van der Waals surface area contributed by atoms with Gasteiger partial charge in [-0.15, -0.1) is 65.0 Å². The summed E-state index contributed by atoms with van der Waals surface area (Å²) in [6.45, 7) is 29.8. The van der Waals surface area contributed by atoms with Crippen LogP contribution in [0.1, 0.15) is 105 Å². The van der Waals surface area contributed by atoms with E-state index in [0.717, 1.165) is 72.8 Å². The number of rotatable bonds is 8. The fourth-order valence-electron chi connectivity index (χ4n) is 12.1. The third-order valence-corrected chi connectivity index (χ3v) is 17.5. The number of aromatic nitrogens is 2. The van der Waals surface area contributed by atoms with E-state index >= 15 is 0 Å². The molecule has 0 amide bonds. The van der Waals surface area contributed by atoms with Crippen molar-refractivity contribution in [1.29, 1.82) is 0 Å². The number of pyridine rings is 1. The van der Waals surface area contributed by atoms with Crippen molar-refractivity contribution >= 4 is 76.1 Å². The molecule has 0 saturated carbocycles. The molecule has 0 bridgehead atoms. The first-order chi connectivity index (χ1) is 39.2. The normalized spacial score (nSPS) is 13.1. The van der Waals surface area contributed by atoms with E-state index in [-0.39, 0.29) is 42.7 Å². The molecule has 418 valence electrons. The van der Waals surface area contributed by atoms with Crippen LogP contribution in [0.2, 0.25) is 0 Å². The molecule has 0 unspecified atom stereocenters. The van der Waals surface area contributed by atoms with E-state index in [1.165, 1.54) is 53.4 Å². The molecule has 12 aromatic rings. The third kappa shape index (κ3) is 10.1. The monoisotopic (exact) mass is 1280 g/mol. The molecule has 0 atom stereocenters.